The van der Waals surface area contributed by atoms with Crippen molar-refractivity contribution in [3.63, 3.8) is 0 Å². The molecule has 1 atom stereocenters. The lowest BCUT2D eigenvalue weighted by Gasteiger charge is -2.17. The van der Waals surface area contributed by atoms with Gasteiger partial charge in [0, 0.05) is 12.2 Å². The Labute approximate surface area is 202 Å². The lowest BCUT2D eigenvalue weighted by atomic mass is 9.93. The molecule has 0 bridgehead atoms. The molecule has 0 spiro atoms. The van der Waals surface area contributed by atoms with Crippen LogP contribution in [0.1, 0.15) is 66.9 Å². The molecule has 0 radical (unpaired) electrons. The Kier molecular flexibility index (Phi) is 12.0. The van der Waals surface area contributed by atoms with Crippen LogP contribution in [-0.4, -0.2) is 41.6 Å². The normalized spacial score (nSPS) is 11.8. The van der Waals surface area contributed by atoms with Gasteiger partial charge in [-0.25, -0.2) is 4.79 Å². The van der Waals surface area contributed by atoms with Crippen molar-refractivity contribution in [3.05, 3.63) is 59.2 Å². The first-order valence-corrected chi connectivity index (χ1v) is 13.2. The molecule has 0 aromatic heterocycles. The molecule has 0 saturated carbocycles. The van der Waals surface area contributed by atoms with Gasteiger partial charge in [-0.15, -0.1) is 0 Å². The molecule has 2 N–H and O–H groups in total. The number of carbonyl (C=O) groups excluding carboxylic acids is 1. The van der Waals surface area contributed by atoms with Crippen LogP contribution >= 0.6 is 11.8 Å². The van der Waals surface area contributed by atoms with Gasteiger partial charge in [-0.2, -0.15) is 11.8 Å². The number of thioether (sulfide) groups is 1. The van der Waals surface area contributed by atoms with Crippen LogP contribution in [0.5, 0.6) is 0 Å². The van der Waals surface area contributed by atoms with Gasteiger partial charge in [-0.3, -0.25) is 4.79 Å². The summed E-state index contributed by atoms with van der Waals surface area (Å²) < 4.78 is 5.88. The summed E-state index contributed by atoms with van der Waals surface area (Å²) >= 11 is 1.56. The van der Waals surface area contributed by atoms with Crippen LogP contribution in [0, 0.1) is 6.92 Å². The summed E-state index contributed by atoms with van der Waals surface area (Å²) in [5, 5.41) is 12.2. The summed E-state index contributed by atoms with van der Waals surface area (Å²) in [7, 11) is 0. The Morgan fingerprint density at radius 1 is 1.06 bits per heavy atom. The Bertz CT molecular complexity index is 899. The molecule has 0 aliphatic rings. The van der Waals surface area contributed by atoms with Gasteiger partial charge in [0.1, 0.15) is 6.04 Å². The van der Waals surface area contributed by atoms with E-state index >= 15 is 0 Å². The van der Waals surface area contributed by atoms with E-state index in [1.165, 1.54) is 25.7 Å². The van der Waals surface area contributed by atoms with Crippen molar-refractivity contribution in [3.8, 4) is 11.1 Å². The molecule has 1 amide bonds. The second kappa shape index (κ2) is 14.8. The molecule has 2 aromatic rings. The first-order chi connectivity index (χ1) is 16.0. The van der Waals surface area contributed by atoms with Gasteiger partial charge in [0.15, 0.2) is 0 Å². The third kappa shape index (κ3) is 8.86. The standard InChI is InChI=1S/C27H37NO4S/c1-4-5-6-7-10-16-32-19-21-13-14-23(24(18-21)22-12-9-8-11-20(22)2)26(29)28-25(27(30)31)15-17-33-3/h8-9,11-14,18,25H,4-7,10,15-17,19H2,1-3H3,(H,28,29)(H,30,31). The van der Waals surface area contributed by atoms with Crippen molar-refractivity contribution < 1.29 is 19.4 Å². The van der Waals surface area contributed by atoms with Gasteiger partial charge in [-0.05, 0) is 66.2 Å². The van der Waals surface area contributed by atoms with Crippen molar-refractivity contribution in [2.24, 2.45) is 0 Å². The summed E-state index contributed by atoms with van der Waals surface area (Å²) in [5.74, 6) is -0.722. The fourth-order valence-corrected chi connectivity index (χ4v) is 4.18. The number of hydrogen-bond donors (Lipinski definition) is 2. The topological polar surface area (TPSA) is 75.6 Å². The van der Waals surface area contributed by atoms with Crippen molar-refractivity contribution in [2.75, 3.05) is 18.6 Å². The van der Waals surface area contributed by atoms with Crippen LogP contribution in [0.25, 0.3) is 11.1 Å². The molecule has 6 heteroatoms. The Balaban J connectivity index is 2.19. The van der Waals surface area contributed by atoms with Gasteiger partial charge in [0.25, 0.3) is 5.91 Å². The molecule has 0 aliphatic carbocycles. The van der Waals surface area contributed by atoms with Crippen molar-refractivity contribution in [1.29, 1.82) is 0 Å². The highest BCUT2D eigenvalue weighted by atomic mass is 32.2. The average molecular weight is 472 g/mol. The van der Waals surface area contributed by atoms with E-state index in [-0.39, 0.29) is 5.91 Å². The first-order valence-electron chi connectivity index (χ1n) is 11.8. The van der Waals surface area contributed by atoms with Crippen LogP contribution in [0.15, 0.2) is 42.5 Å². The quantitative estimate of drug-likeness (QED) is 0.308. The summed E-state index contributed by atoms with van der Waals surface area (Å²) in [6.07, 6.45) is 8.28. The molecular weight excluding hydrogens is 434 g/mol. The zero-order chi connectivity index (χ0) is 24.1. The average Bonchev–Trinajstić information content (AvgIpc) is 2.81. The smallest absolute Gasteiger partial charge is 0.326 e. The number of carboxylic acid groups (broad SMARTS) is 1. The van der Waals surface area contributed by atoms with Crippen LogP contribution in [0.4, 0.5) is 0 Å². The van der Waals surface area contributed by atoms with Gasteiger partial charge in [0.2, 0.25) is 0 Å². The van der Waals surface area contributed by atoms with E-state index in [2.05, 4.69) is 12.2 Å². The number of aryl methyl sites for hydroxylation is 1. The first kappa shape index (κ1) is 26.9. The third-order valence-corrected chi connectivity index (χ3v) is 6.28. The SMILES string of the molecule is CCCCCCCOCc1ccc(C(=O)NC(CCSC)C(=O)O)c(-c2ccccc2C)c1. The molecule has 180 valence electrons. The van der Waals surface area contributed by atoms with Gasteiger partial charge in [0.05, 0.1) is 6.61 Å². The van der Waals surface area contributed by atoms with Crippen LogP contribution in [0.3, 0.4) is 0 Å². The summed E-state index contributed by atoms with van der Waals surface area (Å²) in [5.41, 5.74) is 4.28. The fourth-order valence-electron chi connectivity index (χ4n) is 3.70. The molecule has 0 heterocycles. The van der Waals surface area contributed by atoms with E-state index in [1.807, 2.05) is 49.6 Å². The zero-order valence-electron chi connectivity index (χ0n) is 20.1. The summed E-state index contributed by atoms with van der Waals surface area (Å²) in [6, 6.07) is 12.7. The number of benzene rings is 2. The second-order valence-electron chi connectivity index (χ2n) is 8.31. The number of rotatable bonds is 15. The van der Waals surface area contributed by atoms with Crippen molar-refractivity contribution in [2.45, 2.75) is 65.0 Å². The predicted molar refractivity (Wildman–Crippen MR) is 137 cm³/mol. The number of hydrogen-bond acceptors (Lipinski definition) is 4. The lowest BCUT2D eigenvalue weighted by Crippen LogP contribution is -2.41. The highest BCUT2D eigenvalue weighted by Crippen LogP contribution is 2.28. The Morgan fingerprint density at radius 3 is 2.52 bits per heavy atom. The fraction of sp³-hybridized carbons (Fsp3) is 0.481. The van der Waals surface area contributed by atoms with Gasteiger partial charge in [-0.1, -0.05) is 62.9 Å². The molecule has 0 saturated heterocycles. The number of amides is 1. The van der Waals surface area contributed by atoms with E-state index in [0.717, 1.165) is 35.3 Å². The maximum atomic E-state index is 13.1. The maximum Gasteiger partial charge on any atom is 0.326 e. The van der Waals surface area contributed by atoms with E-state index in [4.69, 9.17) is 4.74 Å². The number of carbonyl (C=O) groups is 2. The molecular formula is C27H37NO4S. The highest BCUT2D eigenvalue weighted by Gasteiger charge is 2.22. The molecule has 2 aromatic carbocycles. The molecule has 33 heavy (non-hydrogen) atoms. The number of ether oxygens (including phenoxy) is 1. The molecule has 2 rings (SSSR count). The van der Waals surface area contributed by atoms with Crippen LogP contribution in [0.2, 0.25) is 0 Å². The molecule has 1 unspecified atom stereocenters. The lowest BCUT2D eigenvalue weighted by molar-refractivity contribution is -0.139. The third-order valence-electron chi connectivity index (χ3n) is 5.64. The minimum Gasteiger partial charge on any atom is -0.480 e. The van der Waals surface area contributed by atoms with Gasteiger partial charge >= 0.3 is 5.97 Å². The van der Waals surface area contributed by atoms with E-state index in [1.54, 1.807) is 17.8 Å². The van der Waals surface area contributed by atoms with Crippen molar-refractivity contribution >= 4 is 23.6 Å². The molecule has 5 nitrogen and oxygen atoms in total. The number of unbranched alkanes of at least 4 members (excludes halogenated alkanes) is 4. The summed E-state index contributed by atoms with van der Waals surface area (Å²) in [6.45, 7) is 5.43. The molecule has 0 aliphatic heterocycles. The van der Waals surface area contributed by atoms with E-state index < -0.39 is 12.0 Å². The largest absolute Gasteiger partial charge is 0.480 e. The van der Waals surface area contributed by atoms with Crippen molar-refractivity contribution in [1.82, 2.24) is 5.32 Å². The van der Waals surface area contributed by atoms with Crippen LogP contribution in [-0.2, 0) is 16.1 Å². The summed E-state index contributed by atoms with van der Waals surface area (Å²) in [4.78, 5) is 24.7. The van der Waals surface area contributed by atoms with Crippen LogP contribution < -0.4 is 5.32 Å². The Morgan fingerprint density at radius 2 is 1.82 bits per heavy atom. The number of nitrogens with one attached hydrogen (secondary N) is 1. The van der Waals surface area contributed by atoms with E-state index in [0.29, 0.717) is 24.3 Å². The number of aliphatic carboxylic acids is 1. The minimum absolute atomic E-state index is 0.370. The van der Waals surface area contributed by atoms with E-state index in [9.17, 15) is 14.7 Å². The second-order valence-corrected chi connectivity index (χ2v) is 9.29. The maximum absolute atomic E-state index is 13.1. The number of carboxylic acids is 1. The zero-order valence-corrected chi connectivity index (χ0v) is 20.9. The van der Waals surface area contributed by atoms with Gasteiger partial charge < -0.3 is 15.2 Å². The Hall–Kier alpha value is -2.31. The minimum atomic E-state index is -1.02. The predicted octanol–water partition coefficient (Wildman–Crippen LogP) is 6.09. The monoisotopic (exact) mass is 471 g/mol. The molecule has 0 fully saturated rings. The highest BCUT2D eigenvalue weighted by molar-refractivity contribution is 7.98.